The molecule has 1 amide bonds. The van der Waals surface area contributed by atoms with E-state index in [1.54, 1.807) is 6.20 Å². The smallest absolute Gasteiger partial charge is 0.257 e. The predicted octanol–water partition coefficient (Wildman–Crippen LogP) is 3.97. The van der Waals surface area contributed by atoms with Crippen molar-refractivity contribution in [2.24, 2.45) is 5.41 Å². The molecule has 2 aliphatic rings. The predicted molar refractivity (Wildman–Crippen MR) is 111 cm³/mol. The Morgan fingerprint density at radius 2 is 1.96 bits per heavy atom. The van der Waals surface area contributed by atoms with Gasteiger partial charge in [-0.1, -0.05) is 38.1 Å². The zero-order valence-corrected chi connectivity index (χ0v) is 17.4. The zero-order valence-electron chi connectivity index (χ0n) is 17.4. The fraction of sp³-hybridized carbons (Fsp3) is 0.565. The summed E-state index contributed by atoms with van der Waals surface area (Å²) in [6, 6.07) is 9.09. The number of nitrogens with one attached hydrogen (secondary N) is 1. The van der Waals surface area contributed by atoms with Crippen LogP contribution in [-0.4, -0.2) is 52.1 Å². The maximum Gasteiger partial charge on any atom is 0.257 e. The van der Waals surface area contributed by atoms with E-state index in [1.807, 2.05) is 11.8 Å². The van der Waals surface area contributed by atoms with E-state index in [4.69, 9.17) is 0 Å². The number of carbonyl (C=O) groups excluding carboxylic acids is 1. The second kappa shape index (κ2) is 7.70. The monoisotopic (exact) mass is 380 g/mol. The van der Waals surface area contributed by atoms with Crippen molar-refractivity contribution >= 4 is 5.91 Å². The van der Waals surface area contributed by atoms with Crippen LogP contribution >= 0.6 is 0 Å². The normalized spacial score (nSPS) is 23.1. The fourth-order valence-electron chi connectivity index (χ4n) is 4.89. The van der Waals surface area contributed by atoms with Crippen LogP contribution in [0.2, 0.25) is 0 Å². The number of benzene rings is 1. The van der Waals surface area contributed by atoms with Gasteiger partial charge in [-0.15, -0.1) is 0 Å². The summed E-state index contributed by atoms with van der Waals surface area (Å²) < 4.78 is 0. The lowest BCUT2D eigenvalue weighted by atomic mass is 9.79. The third-order valence-corrected chi connectivity index (χ3v) is 6.58. The van der Waals surface area contributed by atoms with Crippen LogP contribution in [0.15, 0.2) is 30.5 Å². The van der Waals surface area contributed by atoms with Crippen molar-refractivity contribution in [3.63, 3.8) is 0 Å². The number of likely N-dealkylation sites (tertiary alicyclic amines) is 2. The molecule has 1 spiro atoms. The molecule has 5 heteroatoms. The molecule has 1 atom stereocenters. The number of hydrogen-bond acceptors (Lipinski definition) is 3. The van der Waals surface area contributed by atoms with Gasteiger partial charge in [0.25, 0.3) is 5.91 Å². The van der Waals surface area contributed by atoms with Gasteiger partial charge in [-0.3, -0.25) is 14.8 Å². The largest absolute Gasteiger partial charge is 0.338 e. The third kappa shape index (κ3) is 3.86. The van der Waals surface area contributed by atoms with Crippen molar-refractivity contribution in [2.45, 2.75) is 52.5 Å². The van der Waals surface area contributed by atoms with Crippen molar-refractivity contribution in [3.05, 3.63) is 52.8 Å². The number of aryl methyl sites for hydroxylation is 1. The quantitative estimate of drug-likeness (QED) is 0.873. The van der Waals surface area contributed by atoms with Crippen LogP contribution in [-0.2, 0) is 6.54 Å². The van der Waals surface area contributed by atoms with E-state index in [2.05, 4.69) is 53.2 Å². The highest BCUT2D eigenvalue weighted by Crippen LogP contribution is 2.40. The molecule has 3 heterocycles. The third-order valence-electron chi connectivity index (χ3n) is 6.58. The van der Waals surface area contributed by atoms with E-state index in [-0.39, 0.29) is 11.3 Å². The Kier molecular flexibility index (Phi) is 5.28. The summed E-state index contributed by atoms with van der Waals surface area (Å²) in [5.74, 6) is 0.706. The maximum atomic E-state index is 12.9. The number of H-pyrrole nitrogens is 1. The Bertz CT molecular complexity index is 825. The van der Waals surface area contributed by atoms with Gasteiger partial charge >= 0.3 is 0 Å². The van der Waals surface area contributed by atoms with Gasteiger partial charge in [-0.05, 0) is 49.8 Å². The first kappa shape index (κ1) is 19.2. The van der Waals surface area contributed by atoms with Crippen LogP contribution in [0.4, 0.5) is 0 Å². The zero-order chi connectivity index (χ0) is 19.7. The number of nitrogens with zero attached hydrogens (tertiary/aromatic N) is 3. The summed E-state index contributed by atoms with van der Waals surface area (Å²) in [6.07, 6.45) is 5.22. The van der Waals surface area contributed by atoms with Crippen molar-refractivity contribution < 1.29 is 4.79 Å². The van der Waals surface area contributed by atoms with E-state index in [9.17, 15) is 4.79 Å². The molecule has 4 rings (SSSR count). The van der Waals surface area contributed by atoms with Crippen molar-refractivity contribution in [1.82, 2.24) is 20.0 Å². The SMILES string of the molecule is Cc1[nH]ncc1C(=O)N1CCC2(CCCN(Cc3ccc(C(C)C)cc3)C2)C1. The molecule has 1 aromatic heterocycles. The Morgan fingerprint density at radius 3 is 2.64 bits per heavy atom. The van der Waals surface area contributed by atoms with Crippen LogP contribution in [0.25, 0.3) is 0 Å². The summed E-state index contributed by atoms with van der Waals surface area (Å²) in [4.78, 5) is 17.5. The number of hydrogen-bond donors (Lipinski definition) is 1. The molecule has 0 bridgehead atoms. The van der Waals surface area contributed by atoms with E-state index in [0.29, 0.717) is 5.92 Å². The molecule has 0 radical (unpaired) electrons. The van der Waals surface area contributed by atoms with Gasteiger partial charge in [0, 0.05) is 37.3 Å². The van der Waals surface area contributed by atoms with E-state index in [1.165, 1.54) is 24.0 Å². The highest BCUT2D eigenvalue weighted by atomic mass is 16.2. The molecule has 150 valence electrons. The van der Waals surface area contributed by atoms with Gasteiger partial charge < -0.3 is 4.90 Å². The average molecular weight is 381 g/mol. The number of carbonyl (C=O) groups is 1. The number of rotatable bonds is 4. The molecule has 0 saturated carbocycles. The van der Waals surface area contributed by atoms with Crippen LogP contribution in [0, 0.1) is 12.3 Å². The minimum atomic E-state index is 0.129. The van der Waals surface area contributed by atoms with Crippen LogP contribution in [0.5, 0.6) is 0 Å². The van der Waals surface area contributed by atoms with E-state index < -0.39 is 0 Å². The van der Waals surface area contributed by atoms with Crippen LogP contribution in [0.1, 0.15) is 66.2 Å². The first-order valence-electron chi connectivity index (χ1n) is 10.6. The molecular formula is C23H32N4O. The average Bonchev–Trinajstić information content (AvgIpc) is 3.28. The first-order chi connectivity index (χ1) is 13.5. The summed E-state index contributed by atoms with van der Waals surface area (Å²) in [5, 5.41) is 6.90. The molecule has 2 aliphatic heterocycles. The lowest BCUT2D eigenvalue weighted by molar-refractivity contribution is 0.0675. The summed E-state index contributed by atoms with van der Waals surface area (Å²) >= 11 is 0. The fourth-order valence-corrected chi connectivity index (χ4v) is 4.89. The number of piperidine rings is 1. The van der Waals surface area contributed by atoms with Crippen LogP contribution in [0.3, 0.4) is 0 Å². The number of aromatic amines is 1. The van der Waals surface area contributed by atoms with Gasteiger partial charge in [-0.25, -0.2) is 0 Å². The molecule has 1 aromatic carbocycles. The molecule has 28 heavy (non-hydrogen) atoms. The van der Waals surface area contributed by atoms with Gasteiger partial charge in [0.15, 0.2) is 0 Å². The summed E-state index contributed by atoms with van der Waals surface area (Å²) in [7, 11) is 0. The molecular weight excluding hydrogens is 348 g/mol. The Labute approximate surface area is 168 Å². The van der Waals surface area contributed by atoms with Gasteiger partial charge in [0.2, 0.25) is 0 Å². The van der Waals surface area contributed by atoms with Crippen molar-refractivity contribution in [2.75, 3.05) is 26.2 Å². The van der Waals surface area contributed by atoms with Gasteiger partial charge in [-0.2, -0.15) is 5.10 Å². The standard InChI is InChI=1S/C23H32N4O/c1-17(2)20-7-5-19(6-8-20)14-26-11-4-9-23(15-26)10-12-27(16-23)22(28)21-13-24-25-18(21)3/h5-8,13,17H,4,9-12,14-16H2,1-3H3,(H,24,25). The topological polar surface area (TPSA) is 52.2 Å². The molecule has 2 aromatic rings. The van der Waals surface area contributed by atoms with E-state index >= 15 is 0 Å². The molecule has 0 aliphatic carbocycles. The molecule has 2 fully saturated rings. The van der Waals surface area contributed by atoms with E-state index in [0.717, 1.165) is 50.4 Å². The first-order valence-corrected chi connectivity index (χ1v) is 10.6. The maximum absolute atomic E-state index is 12.9. The minimum Gasteiger partial charge on any atom is -0.338 e. The Morgan fingerprint density at radius 1 is 1.18 bits per heavy atom. The van der Waals surface area contributed by atoms with Gasteiger partial charge in [0.1, 0.15) is 0 Å². The van der Waals surface area contributed by atoms with Crippen molar-refractivity contribution in [3.8, 4) is 0 Å². The summed E-state index contributed by atoms with van der Waals surface area (Å²) in [6.45, 7) is 11.4. The Balaban J connectivity index is 1.39. The number of amides is 1. The Hall–Kier alpha value is -2.14. The van der Waals surface area contributed by atoms with Gasteiger partial charge in [0.05, 0.1) is 11.8 Å². The number of aromatic nitrogens is 2. The van der Waals surface area contributed by atoms with Crippen molar-refractivity contribution in [1.29, 1.82) is 0 Å². The molecule has 1 unspecified atom stereocenters. The molecule has 1 N–H and O–H groups in total. The minimum absolute atomic E-state index is 0.129. The lowest BCUT2D eigenvalue weighted by Gasteiger charge is -2.40. The highest BCUT2D eigenvalue weighted by Gasteiger charge is 2.43. The highest BCUT2D eigenvalue weighted by molar-refractivity contribution is 5.95. The lowest BCUT2D eigenvalue weighted by Crippen LogP contribution is -2.45. The molecule has 5 nitrogen and oxygen atoms in total. The molecule has 2 saturated heterocycles. The van der Waals surface area contributed by atoms with Crippen LogP contribution < -0.4 is 0 Å². The summed E-state index contributed by atoms with van der Waals surface area (Å²) in [5.41, 5.74) is 4.62. The second-order valence-corrected chi connectivity index (χ2v) is 9.10. The second-order valence-electron chi connectivity index (χ2n) is 9.10.